The van der Waals surface area contributed by atoms with Crippen molar-refractivity contribution in [3.63, 3.8) is 0 Å². The van der Waals surface area contributed by atoms with Gasteiger partial charge < -0.3 is 10.6 Å². The molecule has 1 rings (SSSR count). The molecule has 19 heavy (non-hydrogen) atoms. The van der Waals surface area contributed by atoms with E-state index in [-0.39, 0.29) is 11.4 Å². The fraction of sp³-hybridized carbons (Fsp3) is 0.938. The van der Waals surface area contributed by atoms with E-state index >= 15 is 0 Å². The molecule has 1 saturated carbocycles. The Kier molecular flexibility index (Phi) is 6.84. The van der Waals surface area contributed by atoms with Crippen molar-refractivity contribution in [3.8, 4) is 0 Å². The lowest BCUT2D eigenvalue weighted by molar-refractivity contribution is -0.122. The van der Waals surface area contributed by atoms with Gasteiger partial charge in [0.2, 0.25) is 5.91 Å². The first kappa shape index (κ1) is 16.5. The zero-order valence-electron chi connectivity index (χ0n) is 13.2. The Balaban J connectivity index is 2.34. The molecular formula is C16H32N2O. The van der Waals surface area contributed by atoms with Crippen LogP contribution in [0.5, 0.6) is 0 Å². The third-order valence-corrected chi connectivity index (χ3v) is 4.55. The molecule has 0 heterocycles. The maximum absolute atomic E-state index is 11.9. The number of nitrogens with one attached hydrogen (secondary N) is 2. The van der Waals surface area contributed by atoms with Crippen LogP contribution >= 0.6 is 0 Å². The Hall–Kier alpha value is -0.570. The van der Waals surface area contributed by atoms with Crippen LogP contribution in [0.2, 0.25) is 0 Å². The number of hydrogen-bond acceptors (Lipinski definition) is 2. The lowest BCUT2D eigenvalue weighted by Gasteiger charge is -2.31. The van der Waals surface area contributed by atoms with Crippen LogP contribution in [-0.4, -0.2) is 24.0 Å². The number of rotatable bonds is 7. The van der Waals surface area contributed by atoms with Crippen molar-refractivity contribution in [1.82, 2.24) is 10.6 Å². The van der Waals surface area contributed by atoms with E-state index in [1.54, 1.807) is 0 Å². The second-order valence-electron chi connectivity index (χ2n) is 6.58. The first-order chi connectivity index (χ1) is 8.98. The minimum absolute atomic E-state index is 0.0920. The molecule has 1 unspecified atom stereocenters. The molecule has 3 nitrogen and oxygen atoms in total. The summed E-state index contributed by atoms with van der Waals surface area (Å²) >= 11 is 0. The van der Waals surface area contributed by atoms with E-state index in [0.29, 0.717) is 12.6 Å². The van der Waals surface area contributed by atoms with Crippen molar-refractivity contribution in [3.05, 3.63) is 0 Å². The van der Waals surface area contributed by atoms with Crippen LogP contribution < -0.4 is 10.6 Å². The fourth-order valence-corrected chi connectivity index (χ4v) is 2.91. The second kappa shape index (κ2) is 7.88. The average Bonchev–Trinajstić information content (AvgIpc) is 2.40. The lowest BCUT2D eigenvalue weighted by Crippen LogP contribution is -2.49. The molecule has 0 bridgehead atoms. The SMILES string of the molecule is CCC(NCC(=O)NC(C)(C)CC)C1CCCCC1. The number of amides is 1. The molecule has 1 aliphatic rings. The van der Waals surface area contributed by atoms with Crippen LogP contribution in [-0.2, 0) is 4.79 Å². The minimum atomic E-state index is -0.0920. The quantitative estimate of drug-likeness (QED) is 0.744. The van der Waals surface area contributed by atoms with Gasteiger partial charge in [0, 0.05) is 11.6 Å². The van der Waals surface area contributed by atoms with Gasteiger partial charge in [-0.25, -0.2) is 0 Å². The number of hydrogen-bond donors (Lipinski definition) is 2. The molecule has 0 radical (unpaired) electrons. The second-order valence-corrected chi connectivity index (χ2v) is 6.58. The average molecular weight is 268 g/mol. The van der Waals surface area contributed by atoms with Crippen LogP contribution in [0, 0.1) is 5.92 Å². The minimum Gasteiger partial charge on any atom is -0.350 e. The molecule has 1 fully saturated rings. The summed E-state index contributed by atoms with van der Waals surface area (Å²) in [4.78, 5) is 11.9. The first-order valence-electron chi connectivity index (χ1n) is 8.03. The highest BCUT2D eigenvalue weighted by molar-refractivity contribution is 5.78. The summed E-state index contributed by atoms with van der Waals surface area (Å²) in [6.45, 7) is 8.93. The van der Waals surface area contributed by atoms with Crippen molar-refractivity contribution in [2.45, 2.75) is 84.2 Å². The Morgan fingerprint density at radius 1 is 1.21 bits per heavy atom. The van der Waals surface area contributed by atoms with Crippen LogP contribution in [0.25, 0.3) is 0 Å². The Morgan fingerprint density at radius 2 is 1.84 bits per heavy atom. The Labute approximate surface area is 118 Å². The van der Waals surface area contributed by atoms with Gasteiger partial charge in [0.15, 0.2) is 0 Å². The van der Waals surface area contributed by atoms with Crippen molar-refractivity contribution >= 4 is 5.91 Å². The summed E-state index contributed by atoms with van der Waals surface area (Å²) in [5, 5.41) is 6.56. The highest BCUT2D eigenvalue weighted by atomic mass is 16.2. The molecule has 0 saturated heterocycles. The van der Waals surface area contributed by atoms with Gasteiger partial charge in [0.05, 0.1) is 6.54 Å². The van der Waals surface area contributed by atoms with E-state index in [9.17, 15) is 4.79 Å². The zero-order chi connectivity index (χ0) is 14.3. The van der Waals surface area contributed by atoms with Crippen molar-refractivity contribution < 1.29 is 4.79 Å². The summed E-state index contributed by atoms with van der Waals surface area (Å²) < 4.78 is 0. The van der Waals surface area contributed by atoms with Gasteiger partial charge in [-0.3, -0.25) is 4.79 Å². The summed E-state index contributed by atoms with van der Waals surface area (Å²) in [6.07, 6.45) is 8.84. The summed E-state index contributed by atoms with van der Waals surface area (Å²) in [5.74, 6) is 0.895. The summed E-state index contributed by atoms with van der Waals surface area (Å²) in [5.41, 5.74) is -0.0920. The zero-order valence-corrected chi connectivity index (χ0v) is 13.2. The predicted octanol–water partition coefficient (Wildman–Crippen LogP) is 3.24. The normalized spacial score (nSPS) is 19.2. The van der Waals surface area contributed by atoms with Crippen LogP contribution in [0.4, 0.5) is 0 Å². The fourth-order valence-electron chi connectivity index (χ4n) is 2.91. The third-order valence-electron chi connectivity index (χ3n) is 4.55. The molecule has 1 amide bonds. The van der Waals surface area contributed by atoms with E-state index in [1.807, 2.05) is 0 Å². The molecule has 2 N–H and O–H groups in total. The van der Waals surface area contributed by atoms with Gasteiger partial charge in [-0.2, -0.15) is 0 Å². The predicted molar refractivity (Wildman–Crippen MR) is 81.2 cm³/mol. The van der Waals surface area contributed by atoms with E-state index in [4.69, 9.17) is 0 Å². The lowest BCUT2D eigenvalue weighted by atomic mass is 9.83. The smallest absolute Gasteiger partial charge is 0.234 e. The Morgan fingerprint density at radius 3 is 2.37 bits per heavy atom. The first-order valence-corrected chi connectivity index (χ1v) is 8.03. The summed E-state index contributed by atoms with van der Waals surface area (Å²) in [6, 6.07) is 0.510. The van der Waals surface area contributed by atoms with E-state index in [1.165, 1.54) is 32.1 Å². The molecule has 1 aliphatic carbocycles. The highest BCUT2D eigenvalue weighted by Gasteiger charge is 2.23. The molecule has 0 aliphatic heterocycles. The van der Waals surface area contributed by atoms with Crippen molar-refractivity contribution in [2.24, 2.45) is 5.92 Å². The van der Waals surface area contributed by atoms with E-state index in [2.05, 4.69) is 38.3 Å². The third kappa shape index (κ3) is 5.94. The highest BCUT2D eigenvalue weighted by Crippen LogP contribution is 2.27. The monoisotopic (exact) mass is 268 g/mol. The molecule has 0 spiro atoms. The van der Waals surface area contributed by atoms with Gasteiger partial charge in [0.1, 0.15) is 0 Å². The Bertz CT molecular complexity index is 270. The topological polar surface area (TPSA) is 41.1 Å². The van der Waals surface area contributed by atoms with Crippen LogP contribution in [0.1, 0.15) is 72.6 Å². The summed E-state index contributed by atoms with van der Waals surface area (Å²) in [7, 11) is 0. The number of carbonyl (C=O) groups excluding carboxylic acids is 1. The van der Waals surface area contributed by atoms with E-state index < -0.39 is 0 Å². The van der Waals surface area contributed by atoms with Crippen molar-refractivity contribution in [2.75, 3.05) is 6.54 Å². The largest absolute Gasteiger partial charge is 0.350 e. The van der Waals surface area contributed by atoms with Crippen LogP contribution in [0.15, 0.2) is 0 Å². The molecule has 0 aromatic carbocycles. The standard InChI is InChI=1S/C16H32N2O/c1-5-14(13-10-8-7-9-11-13)17-12-15(19)18-16(3,4)6-2/h13-14,17H,5-12H2,1-4H3,(H,18,19). The molecule has 112 valence electrons. The van der Waals surface area contributed by atoms with Gasteiger partial charge in [-0.1, -0.05) is 33.1 Å². The van der Waals surface area contributed by atoms with Gasteiger partial charge in [-0.05, 0) is 45.4 Å². The van der Waals surface area contributed by atoms with E-state index in [0.717, 1.165) is 18.8 Å². The maximum Gasteiger partial charge on any atom is 0.234 e. The van der Waals surface area contributed by atoms with Gasteiger partial charge >= 0.3 is 0 Å². The molecular weight excluding hydrogens is 236 g/mol. The molecule has 0 aromatic heterocycles. The van der Waals surface area contributed by atoms with Crippen molar-refractivity contribution in [1.29, 1.82) is 0 Å². The molecule has 3 heteroatoms. The van der Waals surface area contributed by atoms with Gasteiger partial charge in [-0.15, -0.1) is 0 Å². The molecule has 1 atom stereocenters. The molecule has 0 aromatic rings. The maximum atomic E-state index is 11.9. The van der Waals surface area contributed by atoms with Gasteiger partial charge in [0.25, 0.3) is 0 Å². The number of carbonyl (C=O) groups is 1. The van der Waals surface area contributed by atoms with Crippen LogP contribution in [0.3, 0.4) is 0 Å².